The molecule has 110 heavy (non-hydrogen) atoms. The number of amides is 2. The Bertz CT molecular complexity index is 3750. The van der Waals surface area contributed by atoms with Gasteiger partial charge in [-0.25, -0.2) is 4.79 Å². The van der Waals surface area contributed by atoms with Gasteiger partial charge < -0.3 is 72.2 Å². The van der Waals surface area contributed by atoms with E-state index in [1.165, 1.54) is 44.1 Å². The Balaban J connectivity index is 0.804. The molecule has 18 heteroatoms. The Kier molecular flexibility index (Phi) is 24.8. The van der Waals surface area contributed by atoms with Gasteiger partial charge >= 0.3 is 12.1 Å². The zero-order valence-electron chi connectivity index (χ0n) is 68.0. The summed E-state index contributed by atoms with van der Waals surface area (Å²) in [6, 6.07) is 39.4. The number of benzene rings is 4. The van der Waals surface area contributed by atoms with Crippen molar-refractivity contribution in [2.75, 3.05) is 19.8 Å². The van der Waals surface area contributed by atoms with Crippen molar-refractivity contribution < 1.29 is 76.0 Å². The zero-order valence-corrected chi connectivity index (χ0v) is 68.0. The fraction of sp³-hybridized carbons (Fsp3) is 0.685. The zero-order chi connectivity index (χ0) is 77.4. The van der Waals surface area contributed by atoms with Gasteiger partial charge in [-0.1, -0.05) is 208 Å². The van der Waals surface area contributed by atoms with E-state index in [0.717, 1.165) is 59.8 Å². The number of esters is 1. The minimum atomic E-state index is -1.41. The number of hydrogen-bond acceptors (Lipinski definition) is 16. The van der Waals surface area contributed by atoms with Crippen molar-refractivity contribution >= 4 is 18.0 Å². The molecule has 4 aromatic rings. The first-order valence-electron chi connectivity index (χ1n) is 42.1. The summed E-state index contributed by atoms with van der Waals surface area (Å²) in [7, 11) is 0. The molecule has 4 saturated heterocycles. The minimum absolute atomic E-state index is 0.0148. The van der Waals surface area contributed by atoms with Crippen molar-refractivity contribution in [2.45, 2.75) is 310 Å². The highest BCUT2D eigenvalue weighted by Crippen LogP contribution is 2.83. The number of ether oxygens (including phenoxy) is 13. The lowest BCUT2D eigenvalue weighted by Gasteiger charge is -2.73. The Hall–Kier alpha value is -5.61. The maximum absolute atomic E-state index is 16.8. The number of rotatable bonds is 25. The molecule has 602 valence electrons. The maximum Gasteiger partial charge on any atom is 0.407 e. The molecule has 2 amide bonds. The van der Waals surface area contributed by atoms with Crippen LogP contribution in [0.2, 0.25) is 0 Å². The van der Waals surface area contributed by atoms with Crippen LogP contribution in [0.25, 0.3) is 0 Å². The van der Waals surface area contributed by atoms with Crippen LogP contribution in [0.1, 0.15) is 215 Å². The van der Waals surface area contributed by atoms with Crippen LogP contribution < -0.4 is 10.6 Å². The first-order valence-corrected chi connectivity index (χ1v) is 42.1. The van der Waals surface area contributed by atoms with Crippen LogP contribution >= 0.6 is 0 Å². The SMILES string of the molecule is CC[C@]1(C)OC2C(OCc3ccccc3)C(OCc3ccccc3)CO[C@H]2OC2C(OCc3ccccc3)C(O1)[C@H](OC1C(C)C(NC(=O)CCCCCNC(=O)OC(C)(C)C)[C@H](COCc3ccccc3)O[C@H]1OC(=O)C13CC[C@@H]4C(=CC5(C)CC6C7(C)CCC[C@H](C)C(C)[C@@H]7CC[C@@]645)C1CC(C)(C)CC3)O[C@@H]2C. The van der Waals surface area contributed by atoms with Crippen LogP contribution in [0.4, 0.5) is 4.79 Å². The molecule has 4 aromatic carbocycles. The number of fused-ring (bicyclic) bond motifs is 8. The van der Waals surface area contributed by atoms with Crippen molar-refractivity contribution in [3.63, 3.8) is 0 Å². The fourth-order valence-corrected chi connectivity index (χ4v) is 22.1. The van der Waals surface area contributed by atoms with Crippen LogP contribution in [0.3, 0.4) is 0 Å². The summed E-state index contributed by atoms with van der Waals surface area (Å²) >= 11 is 0. The number of allylic oxidation sites excluding steroid dienone is 2. The molecule has 9 fully saturated rings. The molecule has 10 aliphatic rings. The highest BCUT2D eigenvalue weighted by atomic mass is 16.8. The predicted octanol–water partition coefficient (Wildman–Crippen LogP) is 17.3. The van der Waals surface area contributed by atoms with E-state index in [1.807, 2.05) is 170 Å². The molecule has 6 aliphatic carbocycles. The summed E-state index contributed by atoms with van der Waals surface area (Å²) < 4.78 is 92.3. The third-order valence-corrected chi connectivity index (χ3v) is 28.3. The van der Waals surface area contributed by atoms with Gasteiger partial charge in [0, 0.05) is 18.9 Å². The first-order chi connectivity index (χ1) is 52.7. The normalized spacial score (nSPS) is 39.1. The molecule has 0 aromatic heterocycles. The molecule has 15 unspecified atom stereocenters. The van der Waals surface area contributed by atoms with Gasteiger partial charge in [-0.05, 0) is 191 Å². The van der Waals surface area contributed by atoms with Crippen molar-refractivity contribution in [1.29, 1.82) is 0 Å². The standard InChI is InChI=1S/C92H128N2O16/c1-14-90(13)108-79-77(100-54-64-36-24-17-25-37-64)71(99-53-63-34-22-16-23-35-63)57-102-81(79)106-76-61(5)103-83(80(109-90)78(76)101-55-65-38-26-18-27-39-65)105-75-60(4)74(94-73(95)40-28-19-29-48-93-85(97)110-86(6,7)8)70(56-98-52-62-32-20-15-21-33-62)104-82(75)107-84(96)91-44-41-68-66(69(91)50-87(9,10)46-47-91)49-88(11)51-72-89(12)43-30-31-58(2)59(3)67(89)42-45-92(68,72)88/h15-18,20-27,32-39,49,58-61,67-72,74-83H,14,19,28-31,40-48,50-57H2,1-13H3,(H,93,97)(H,94,95)/t58-,59?,60?,61+,67-,68+,69?,70-,71?,72?,74?,75?,76?,77?,78?,79?,80?,81-,82-,83-,88?,89?,90+,91?,92-/m0/s1. The third kappa shape index (κ3) is 16.9. The van der Waals surface area contributed by atoms with Gasteiger partial charge in [-0.3, -0.25) is 9.59 Å². The summed E-state index contributed by atoms with van der Waals surface area (Å²) in [6.07, 6.45) is 5.21. The fourth-order valence-electron chi connectivity index (χ4n) is 22.1. The number of alkyl carbamates (subject to hydrolysis) is 1. The van der Waals surface area contributed by atoms with Crippen LogP contribution in [0.15, 0.2) is 133 Å². The third-order valence-electron chi connectivity index (χ3n) is 28.3. The van der Waals surface area contributed by atoms with E-state index < -0.39 is 109 Å². The van der Waals surface area contributed by atoms with Crippen molar-refractivity contribution in [3.05, 3.63) is 155 Å². The van der Waals surface area contributed by atoms with Crippen molar-refractivity contribution in [2.24, 2.45) is 68.5 Å². The molecule has 2 N–H and O–H groups in total. The predicted molar refractivity (Wildman–Crippen MR) is 418 cm³/mol. The Morgan fingerprint density at radius 1 is 0.609 bits per heavy atom. The second-order valence-electron chi connectivity index (χ2n) is 37.2. The van der Waals surface area contributed by atoms with Gasteiger partial charge in [0.2, 0.25) is 12.2 Å². The molecule has 4 aliphatic heterocycles. The van der Waals surface area contributed by atoms with Crippen LogP contribution in [0, 0.1) is 68.5 Å². The first kappa shape index (κ1) is 81.0. The number of unbranched alkanes of at least 4 members (excludes halogenated alkanes) is 2. The largest absolute Gasteiger partial charge is 0.444 e. The van der Waals surface area contributed by atoms with Gasteiger partial charge in [-0.15, -0.1) is 0 Å². The van der Waals surface area contributed by atoms with Gasteiger partial charge in [0.1, 0.15) is 54.4 Å². The van der Waals surface area contributed by atoms with Crippen LogP contribution in [0.5, 0.6) is 0 Å². The average Bonchev–Trinajstić information content (AvgIpc) is 1.45. The van der Waals surface area contributed by atoms with E-state index in [1.54, 1.807) is 0 Å². The van der Waals surface area contributed by atoms with Crippen LogP contribution in [-0.2, 0) is 97.6 Å². The van der Waals surface area contributed by atoms with Gasteiger partial charge in [0.05, 0.1) is 57.2 Å². The van der Waals surface area contributed by atoms with Gasteiger partial charge in [-0.2, -0.15) is 0 Å². The minimum Gasteiger partial charge on any atom is -0.444 e. The molecule has 25 atom stereocenters. The summed E-state index contributed by atoms with van der Waals surface area (Å²) in [5.74, 6) is 0.706. The van der Waals surface area contributed by atoms with Crippen molar-refractivity contribution in [1.82, 2.24) is 10.6 Å². The van der Waals surface area contributed by atoms with E-state index >= 15 is 4.79 Å². The molecule has 14 rings (SSSR count). The van der Waals surface area contributed by atoms with E-state index in [-0.39, 0.29) is 78.9 Å². The number of nitrogens with one attached hydrogen (secondary N) is 2. The van der Waals surface area contributed by atoms with Gasteiger partial charge in [0.15, 0.2) is 18.4 Å². The smallest absolute Gasteiger partial charge is 0.407 e. The van der Waals surface area contributed by atoms with E-state index in [0.29, 0.717) is 63.0 Å². The number of carbonyl (C=O) groups is 3. The quantitative estimate of drug-likeness (QED) is 0.0361. The molecular formula is C92H128N2O16. The van der Waals surface area contributed by atoms with E-state index in [2.05, 4.69) is 58.3 Å². The number of carbonyl (C=O) groups excluding carboxylic acids is 3. The van der Waals surface area contributed by atoms with Crippen LogP contribution in [-0.4, -0.2) is 129 Å². The summed E-state index contributed by atoms with van der Waals surface area (Å²) in [4.78, 5) is 44.2. The summed E-state index contributed by atoms with van der Waals surface area (Å²) in [5.41, 5.74) is 4.44. The summed E-state index contributed by atoms with van der Waals surface area (Å²) in [5, 5.41) is 6.30. The van der Waals surface area contributed by atoms with Crippen molar-refractivity contribution in [3.8, 4) is 0 Å². The van der Waals surface area contributed by atoms with Gasteiger partial charge in [0.25, 0.3) is 0 Å². The second kappa shape index (κ2) is 33.7. The van der Waals surface area contributed by atoms with E-state index in [9.17, 15) is 9.59 Å². The molecule has 5 saturated carbocycles. The summed E-state index contributed by atoms with van der Waals surface area (Å²) in [6.45, 7) is 30.2. The number of hydrogen-bond donors (Lipinski definition) is 2. The Morgan fingerprint density at radius 2 is 1.25 bits per heavy atom. The monoisotopic (exact) mass is 1520 g/mol. The lowest BCUT2D eigenvalue weighted by molar-refractivity contribution is -0.380. The molecule has 18 nitrogen and oxygen atoms in total. The highest BCUT2D eigenvalue weighted by molar-refractivity contribution is 5.79. The molecule has 4 heterocycles. The van der Waals surface area contributed by atoms with E-state index in [4.69, 9.17) is 61.6 Å². The lowest BCUT2D eigenvalue weighted by Crippen LogP contribution is -2.67. The highest BCUT2D eigenvalue weighted by Gasteiger charge is 2.77. The average molecular weight is 1520 g/mol. The molecule has 0 radical (unpaired) electrons. The lowest BCUT2D eigenvalue weighted by atomic mass is 9.31. The Morgan fingerprint density at radius 3 is 1.90 bits per heavy atom. The molecule has 2 bridgehead atoms. The maximum atomic E-state index is 16.8. The molecule has 1 spiro atoms. The topological polar surface area (TPSA) is 195 Å². The molecular weight excluding hydrogens is 1390 g/mol. The second-order valence-corrected chi connectivity index (χ2v) is 37.2. The Labute approximate surface area is 655 Å².